The third-order valence-electron chi connectivity index (χ3n) is 5.58. The number of alkyl halides is 8. The summed E-state index contributed by atoms with van der Waals surface area (Å²) in [6.07, 6.45) is -10.2. The van der Waals surface area contributed by atoms with E-state index in [-0.39, 0.29) is 26.9 Å². The summed E-state index contributed by atoms with van der Waals surface area (Å²) in [5, 5.41) is 13.5. The number of amides is 1. The van der Waals surface area contributed by atoms with E-state index in [0.29, 0.717) is 9.56 Å². The van der Waals surface area contributed by atoms with Crippen LogP contribution in [-0.4, -0.2) is 39.9 Å². The Hall–Kier alpha value is -2.99. The second-order valence-electron chi connectivity index (χ2n) is 8.08. The van der Waals surface area contributed by atoms with Gasteiger partial charge in [0.1, 0.15) is 16.5 Å². The predicted molar refractivity (Wildman–Crippen MR) is 115 cm³/mol. The molecule has 0 bridgehead atoms. The maximum atomic E-state index is 14.0. The molecule has 36 heavy (non-hydrogen) atoms. The lowest BCUT2D eigenvalue weighted by molar-refractivity contribution is -0.292. The highest BCUT2D eigenvalue weighted by Gasteiger charge is 2.64. The summed E-state index contributed by atoms with van der Waals surface area (Å²) in [5.74, 6) is -6.23. The Morgan fingerprint density at radius 2 is 1.78 bits per heavy atom. The third kappa shape index (κ3) is 4.36. The molecular weight excluding hydrogens is 540 g/mol. The van der Waals surface area contributed by atoms with Gasteiger partial charge in [0.15, 0.2) is 5.69 Å². The molecule has 15 heteroatoms. The van der Waals surface area contributed by atoms with Gasteiger partial charge in [-0.15, -0.1) is 22.7 Å². The van der Waals surface area contributed by atoms with E-state index < -0.39 is 41.1 Å². The lowest BCUT2D eigenvalue weighted by atomic mass is 10.0. The van der Waals surface area contributed by atoms with Crippen LogP contribution >= 0.6 is 22.7 Å². The van der Waals surface area contributed by atoms with Crippen LogP contribution in [0.3, 0.4) is 0 Å². The highest BCUT2D eigenvalue weighted by atomic mass is 32.1. The van der Waals surface area contributed by atoms with Crippen molar-refractivity contribution in [3.63, 3.8) is 0 Å². The average molecular weight is 554 g/mol. The van der Waals surface area contributed by atoms with Crippen molar-refractivity contribution in [2.45, 2.75) is 37.2 Å². The Morgan fingerprint density at radius 1 is 1.14 bits per heavy atom. The van der Waals surface area contributed by atoms with E-state index in [9.17, 15) is 45.2 Å². The van der Waals surface area contributed by atoms with Gasteiger partial charge in [0.25, 0.3) is 5.91 Å². The predicted octanol–water partition coefficient (Wildman–Crippen LogP) is 6.66. The molecule has 4 rings (SSSR count). The highest BCUT2D eigenvalue weighted by molar-refractivity contribution is 7.22. The minimum atomic E-state index is -6.29. The van der Waals surface area contributed by atoms with E-state index in [2.05, 4.69) is 5.10 Å². The first-order valence-electron chi connectivity index (χ1n) is 10.1. The fourth-order valence-electron chi connectivity index (χ4n) is 3.64. The fourth-order valence-corrected chi connectivity index (χ4v) is 5.57. The summed E-state index contributed by atoms with van der Waals surface area (Å²) in [6, 6.07) is 4.56. The molecule has 0 N–H and O–H groups in total. The van der Waals surface area contributed by atoms with Crippen molar-refractivity contribution < 1.29 is 39.9 Å². The number of aromatic nitrogens is 2. The number of carbonyl (C=O) groups excluding carboxylic acids is 1. The van der Waals surface area contributed by atoms with Crippen molar-refractivity contribution in [3.05, 3.63) is 39.2 Å². The van der Waals surface area contributed by atoms with E-state index >= 15 is 0 Å². The molecule has 0 aromatic carbocycles. The van der Waals surface area contributed by atoms with Crippen LogP contribution in [0.15, 0.2) is 17.5 Å². The fraction of sp³-hybridized carbons (Fsp3) is 0.381. The smallest absolute Gasteiger partial charge is 0.339 e. The number of carbonyl (C=O) groups is 1. The second kappa shape index (κ2) is 8.55. The van der Waals surface area contributed by atoms with Crippen molar-refractivity contribution >= 4 is 28.6 Å². The molecule has 0 unspecified atom stereocenters. The molecule has 1 aliphatic rings. The largest absolute Gasteiger partial charge is 0.459 e. The lowest BCUT2D eigenvalue weighted by Gasteiger charge is -2.19. The SMILES string of the molecule is CN(C(=O)c1cc(-c2cc(-c3c(C(F)(F)F)c(C(F)(F)C(F)(F)F)nn3C)cs2)sc1C#N)C1CC1. The number of nitriles is 1. The summed E-state index contributed by atoms with van der Waals surface area (Å²) in [5.41, 5.74) is -5.78. The van der Waals surface area contributed by atoms with Gasteiger partial charge in [-0.05, 0) is 25.0 Å². The number of halogens is 8. The summed E-state index contributed by atoms with van der Waals surface area (Å²) >= 11 is 1.79. The molecule has 1 amide bonds. The van der Waals surface area contributed by atoms with Gasteiger partial charge in [0.05, 0.1) is 11.3 Å². The van der Waals surface area contributed by atoms with Crippen LogP contribution in [0.5, 0.6) is 0 Å². The van der Waals surface area contributed by atoms with Gasteiger partial charge in [-0.2, -0.15) is 45.5 Å². The van der Waals surface area contributed by atoms with E-state index in [1.54, 1.807) is 7.05 Å². The van der Waals surface area contributed by atoms with Gasteiger partial charge in [-0.1, -0.05) is 0 Å². The zero-order valence-corrected chi connectivity index (χ0v) is 19.9. The molecule has 0 radical (unpaired) electrons. The standard InChI is InChI=1S/C21H14F8N4OS2/c1-32(10-3-4-10)18(34)11-6-13(36-14(11)7-30)12-5-9(8-35-12)16-15(20(24,25)26)17(31-33(16)2)19(22,23)21(27,28)29/h5-6,8,10H,3-4H2,1-2H3. The number of hydrogen-bond donors (Lipinski definition) is 0. The average Bonchev–Trinajstić information content (AvgIpc) is 3.18. The number of hydrogen-bond acceptors (Lipinski definition) is 5. The molecule has 0 aliphatic heterocycles. The molecule has 5 nitrogen and oxygen atoms in total. The summed E-state index contributed by atoms with van der Waals surface area (Å²) in [6.45, 7) is 0. The molecule has 0 spiro atoms. The van der Waals surface area contributed by atoms with E-state index in [4.69, 9.17) is 0 Å². The van der Waals surface area contributed by atoms with Gasteiger partial charge in [-0.25, -0.2) is 0 Å². The Bertz CT molecular complexity index is 1370. The molecule has 0 atom stereocenters. The zero-order chi connectivity index (χ0) is 26.8. The van der Waals surface area contributed by atoms with Crippen LogP contribution in [0.25, 0.3) is 21.0 Å². The molecule has 1 fully saturated rings. The normalized spacial score (nSPS) is 14.7. The maximum absolute atomic E-state index is 14.0. The first-order valence-corrected chi connectivity index (χ1v) is 11.8. The van der Waals surface area contributed by atoms with Crippen LogP contribution < -0.4 is 0 Å². The van der Waals surface area contributed by atoms with Crippen LogP contribution in [-0.2, 0) is 19.1 Å². The van der Waals surface area contributed by atoms with Gasteiger partial charge in [0, 0.05) is 40.8 Å². The monoisotopic (exact) mass is 554 g/mol. The minimum Gasteiger partial charge on any atom is -0.339 e. The number of nitrogens with zero attached hydrogens (tertiary/aromatic N) is 4. The Morgan fingerprint density at radius 3 is 2.31 bits per heavy atom. The van der Waals surface area contributed by atoms with Crippen LogP contribution in [0.2, 0.25) is 0 Å². The second-order valence-corrected chi connectivity index (χ2v) is 10.0. The molecule has 3 aromatic rings. The van der Waals surface area contributed by atoms with Gasteiger partial charge in [-0.3, -0.25) is 9.48 Å². The number of rotatable bonds is 5. The number of thiophene rings is 2. The molecule has 3 aromatic heterocycles. The summed E-state index contributed by atoms with van der Waals surface area (Å²) < 4.78 is 108. The van der Waals surface area contributed by atoms with Crippen molar-refractivity contribution in [2.24, 2.45) is 7.05 Å². The van der Waals surface area contributed by atoms with Gasteiger partial charge < -0.3 is 4.90 Å². The summed E-state index contributed by atoms with van der Waals surface area (Å²) in [4.78, 5) is 15.0. The van der Waals surface area contributed by atoms with Crippen molar-refractivity contribution in [1.29, 1.82) is 5.26 Å². The Kier molecular flexibility index (Phi) is 6.19. The lowest BCUT2D eigenvalue weighted by Crippen LogP contribution is -2.36. The van der Waals surface area contributed by atoms with E-state index in [1.807, 2.05) is 6.07 Å². The van der Waals surface area contributed by atoms with Gasteiger partial charge in [0.2, 0.25) is 0 Å². The highest BCUT2D eigenvalue weighted by Crippen LogP contribution is 2.51. The quantitative estimate of drug-likeness (QED) is 0.332. The van der Waals surface area contributed by atoms with E-state index in [1.165, 1.54) is 11.0 Å². The topological polar surface area (TPSA) is 61.9 Å². The molecule has 3 heterocycles. The molecule has 192 valence electrons. The zero-order valence-electron chi connectivity index (χ0n) is 18.3. The van der Waals surface area contributed by atoms with E-state index in [0.717, 1.165) is 54.0 Å². The summed E-state index contributed by atoms with van der Waals surface area (Å²) in [7, 11) is 2.43. The number of aryl methyl sites for hydroxylation is 1. The van der Waals surface area contributed by atoms with Crippen molar-refractivity contribution in [1.82, 2.24) is 14.7 Å². The molecule has 0 saturated heterocycles. The first-order chi connectivity index (χ1) is 16.6. The third-order valence-corrected chi connectivity index (χ3v) is 7.74. The first kappa shape index (κ1) is 26.1. The Balaban J connectivity index is 1.79. The van der Waals surface area contributed by atoms with Crippen molar-refractivity contribution in [2.75, 3.05) is 7.05 Å². The minimum absolute atomic E-state index is 0.0652. The molecule has 1 aliphatic carbocycles. The van der Waals surface area contributed by atoms with Crippen LogP contribution in [0, 0.1) is 11.3 Å². The Labute approximate surface area is 206 Å². The van der Waals surface area contributed by atoms with Crippen molar-refractivity contribution in [3.8, 4) is 27.1 Å². The van der Waals surface area contributed by atoms with Gasteiger partial charge >= 0.3 is 18.3 Å². The molecule has 1 saturated carbocycles. The van der Waals surface area contributed by atoms with Crippen LogP contribution in [0.4, 0.5) is 35.1 Å². The maximum Gasteiger partial charge on any atom is 0.459 e. The van der Waals surface area contributed by atoms with Crippen LogP contribution in [0.1, 0.15) is 39.3 Å². The molecular formula is C21H14F8N4OS2.